The Morgan fingerprint density at radius 1 is 1.00 bits per heavy atom. The summed E-state index contributed by atoms with van der Waals surface area (Å²) in [5.74, 6) is -0.459. The number of pyridine rings is 1. The van der Waals surface area contributed by atoms with Crippen LogP contribution in [0.5, 0.6) is 0 Å². The van der Waals surface area contributed by atoms with E-state index in [-0.39, 0.29) is 22.7 Å². The molecule has 0 unspecified atom stereocenters. The monoisotopic (exact) mass is 306 g/mol. The molecule has 0 N–H and O–H groups in total. The molecular weight excluding hydrogens is 292 g/mol. The van der Waals surface area contributed by atoms with E-state index in [0.29, 0.717) is 23.4 Å². The maximum absolute atomic E-state index is 13.0. The van der Waals surface area contributed by atoms with Crippen LogP contribution in [0.1, 0.15) is 38.9 Å². The molecule has 0 saturated heterocycles. The number of benzene rings is 1. The predicted octanol–water partition coefficient (Wildman–Crippen LogP) is 2.14. The van der Waals surface area contributed by atoms with E-state index in [1.165, 1.54) is 16.8 Å². The van der Waals surface area contributed by atoms with Gasteiger partial charge in [-0.3, -0.25) is 14.4 Å². The molecule has 0 spiro atoms. The Bertz CT molecular complexity index is 1070. The summed E-state index contributed by atoms with van der Waals surface area (Å²) in [4.78, 5) is 37.8. The second-order valence-corrected chi connectivity index (χ2v) is 5.69. The minimum absolute atomic E-state index is 0.197. The van der Waals surface area contributed by atoms with Crippen LogP contribution in [0.25, 0.3) is 10.9 Å². The molecule has 0 saturated carbocycles. The van der Waals surface area contributed by atoms with Gasteiger partial charge in [0.1, 0.15) is 5.69 Å². The van der Waals surface area contributed by atoms with E-state index in [1.807, 2.05) is 35.8 Å². The number of ketones is 2. The first-order valence-electron chi connectivity index (χ1n) is 7.46. The normalized spacial score (nSPS) is 13.3. The molecule has 1 aliphatic carbocycles. The highest BCUT2D eigenvalue weighted by Crippen LogP contribution is 2.34. The van der Waals surface area contributed by atoms with Crippen LogP contribution in [0.4, 0.5) is 0 Å². The Morgan fingerprint density at radius 3 is 2.48 bits per heavy atom. The van der Waals surface area contributed by atoms with Gasteiger partial charge < -0.3 is 9.13 Å². The molecule has 5 nitrogen and oxygen atoms in total. The third-order valence-electron chi connectivity index (χ3n) is 4.45. The van der Waals surface area contributed by atoms with Crippen molar-refractivity contribution in [2.24, 2.45) is 7.05 Å². The molecule has 5 heteroatoms. The lowest BCUT2D eigenvalue weighted by atomic mass is 9.88. The summed E-state index contributed by atoms with van der Waals surface area (Å²) in [6.45, 7) is 2.51. The van der Waals surface area contributed by atoms with Crippen molar-refractivity contribution in [1.29, 1.82) is 0 Å². The zero-order chi connectivity index (χ0) is 16.3. The Hall–Kier alpha value is -2.95. The maximum Gasteiger partial charge on any atom is 0.251 e. The van der Waals surface area contributed by atoms with Gasteiger partial charge in [0.05, 0.1) is 11.1 Å². The van der Waals surface area contributed by atoms with Gasteiger partial charge in [-0.2, -0.15) is 0 Å². The molecule has 0 fully saturated rings. The summed E-state index contributed by atoms with van der Waals surface area (Å²) in [5.41, 5.74) is 1.89. The molecular formula is C18H14N2O3. The zero-order valence-corrected chi connectivity index (χ0v) is 12.8. The number of aromatic nitrogens is 2. The molecule has 4 rings (SSSR count). The van der Waals surface area contributed by atoms with Crippen molar-refractivity contribution in [3.63, 3.8) is 0 Å². The van der Waals surface area contributed by atoms with Gasteiger partial charge in [0.2, 0.25) is 5.78 Å². The quantitative estimate of drug-likeness (QED) is 0.541. The fraction of sp³-hybridized carbons (Fsp3) is 0.167. The van der Waals surface area contributed by atoms with Gasteiger partial charge in [-0.25, -0.2) is 0 Å². The molecule has 0 amide bonds. The topological polar surface area (TPSA) is 61.1 Å². The van der Waals surface area contributed by atoms with Crippen molar-refractivity contribution >= 4 is 22.5 Å². The number of carbonyl (C=O) groups excluding carboxylic acids is 2. The lowest BCUT2D eigenvalue weighted by Gasteiger charge is -2.17. The van der Waals surface area contributed by atoms with E-state index >= 15 is 0 Å². The molecule has 114 valence electrons. The fourth-order valence-electron chi connectivity index (χ4n) is 3.36. The smallest absolute Gasteiger partial charge is 0.251 e. The SMILES string of the molecule is CCn1c2c(c3ccccc31)C(=O)c1cn(C)c(=O)cc1C2=O. The van der Waals surface area contributed by atoms with Crippen LogP contribution in [0.2, 0.25) is 0 Å². The van der Waals surface area contributed by atoms with Gasteiger partial charge >= 0.3 is 0 Å². The number of hydrogen-bond acceptors (Lipinski definition) is 3. The average molecular weight is 306 g/mol. The van der Waals surface area contributed by atoms with Gasteiger partial charge in [0, 0.05) is 42.3 Å². The first-order chi connectivity index (χ1) is 11.0. The molecule has 0 radical (unpaired) electrons. The number of carbonyl (C=O) groups is 2. The summed E-state index contributed by atoms with van der Waals surface area (Å²) in [7, 11) is 1.57. The summed E-state index contributed by atoms with van der Waals surface area (Å²) in [6, 6.07) is 8.77. The second-order valence-electron chi connectivity index (χ2n) is 5.69. The van der Waals surface area contributed by atoms with Crippen molar-refractivity contribution in [3.05, 3.63) is 69.3 Å². The lowest BCUT2D eigenvalue weighted by molar-refractivity contribution is 0.0973. The first kappa shape index (κ1) is 13.7. The third kappa shape index (κ3) is 1.64. The van der Waals surface area contributed by atoms with Crippen molar-refractivity contribution in [2.45, 2.75) is 13.5 Å². The predicted molar refractivity (Wildman–Crippen MR) is 86.2 cm³/mol. The average Bonchev–Trinajstić information content (AvgIpc) is 2.89. The molecule has 0 bridgehead atoms. The summed E-state index contributed by atoms with van der Waals surface area (Å²) >= 11 is 0. The summed E-state index contributed by atoms with van der Waals surface area (Å²) in [5, 5.41) is 0.780. The number of para-hydroxylation sites is 1. The van der Waals surface area contributed by atoms with Gasteiger partial charge in [0.15, 0.2) is 5.78 Å². The highest BCUT2D eigenvalue weighted by atomic mass is 16.1. The van der Waals surface area contributed by atoms with Crippen LogP contribution < -0.4 is 5.56 Å². The molecule has 23 heavy (non-hydrogen) atoms. The van der Waals surface area contributed by atoms with Gasteiger partial charge in [-0.15, -0.1) is 0 Å². The van der Waals surface area contributed by atoms with Crippen LogP contribution in [-0.4, -0.2) is 20.7 Å². The fourth-order valence-corrected chi connectivity index (χ4v) is 3.36. The maximum atomic E-state index is 13.0. The molecule has 0 aliphatic heterocycles. The summed E-state index contributed by atoms with van der Waals surface area (Å²) < 4.78 is 3.18. The molecule has 2 aromatic heterocycles. The number of nitrogens with zero attached hydrogens (tertiary/aromatic N) is 2. The molecule has 1 aliphatic rings. The van der Waals surface area contributed by atoms with Gasteiger partial charge in [-0.1, -0.05) is 18.2 Å². The van der Waals surface area contributed by atoms with Crippen LogP contribution in [0, 0.1) is 0 Å². The number of hydrogen-bond donors (Lipinski definition) is 0. The molecule has 1 aromatic carbocycles. The number of rotatable bonds is 1. The molecule has 0 atom stereocenters. The minimum atomic E-state index is -0.299. The van der Waals surface area contributed by atoms with E-state index in [1.54, 1.807) is 7.05 Å². The van der Waals surface area contributed by atoms with E-state index < -0.39 is 0 Å². The van der Waals surface area contributed by atoms with E-state index in [2.05, 4.69) is 0 Å². The Kier molecular flexibility index (Phi) is 2.69. The van der Waals surface area contributed by atoms with Crippen LogP contribution in [0.15, 0.2) is 41.3 Å². The largest absolute Gasteiger partial charge is 0.337 e. The highest BCUT2D eigenvalue weighted by Gasteiger charge is 2.35. The third-order valence-corrected chi connectivity index (χ3v) is 4.45. The van der Waals surface area contributed by atoms with E-state index in [9.17, 15) is 14.4 Å². The van der Waals surface area contributed by atoms with Crippen LogP contribution in [0.3, 0.4) is 0 Å². The van der Waals surface area contributed by atoms with Gasteiger partial charge in [0.25, 0.3) is 5.56 Å². The van der Waals surface area contributed by atoms with Gasteiger partial charge in [-0.05, 0) is 13.0 Å². The number of aryl methyl sites for hydroxylation is 2. The van der Waals surface area contributed by atoms with Crippen molar-refractivity contribution in [3.8, 4) is 0 Å². The standard InChI is InChI=1S/C18H14N2O3/c1-3-20-13-7-5-4-6-10(13)15-16(20)18(23)11-8-14(21)19(2)9-12(11)17(15)22/h4-9H,3H2,1-2H3. The zero-order valence-electron chi connectivity index (χ0n) is 12.8. The Morgan fingerprint density at radius 2 is 1.74 bits per heavy atom. The number of fused-ring (bicyclic) bond motifs is 4. The van der Waals surface area contributed by atoms with Crippen molar-refractivity contribution in [1.82, 2.24) is 9.13 Å². The highest BCUT2D eigenvalue weighted by molar-refractivity contribution is 6.32. The van der Waals surface area contributed by atoms with Crippen LogP contribution in [-0.2, 0) is 13.6 Å². The summed E-state index contributed by atoms with van der Waals surface area (Å²) in [6.07, 6.45) is 1.46. The Balaban J connectivity index is 2.16. The van der Waals surface area contributed by atoms with Crippen molar-refractivity contribution in [2.75, 3.05) is 0 Å². The van der Waals surface area contributed by atoms with Crippen LogP contribution >= 0.6 is 0 Å². The Labute approximate surface area is 131 Å². The van der Waals surface area contributed by atoms with E-state index in [4.69, 9.17) is 0 Å². The first-order valence-corrected chi connectivity index (χ1v) is 7.46. The van der Waals surface area contributed by atoms with E-state index in [0.717, 1.165) is 10.9 Å². The molecule has 3 aromatic rings. The lowest BCUT2D eigenvalue weighted by Crippen LogP contribution is -2.28. The second kappa shape index (κ2) is 4.52. The molecule has 2 heterocycles. The minimum Gasteiger partial charge on any atom is -0.337 e. The van der Waals surface area contributed by atoms with Crippen molar-refractivity contribution < 1.29 is 9.59 Å².